The lowest BCUT2D eigenvalue weighted by Crippen LogP contribution is -2.34. The highest BCUT2D eigenvalue weighted by molar-refractivity contribution is 7.98. The SMILES string of the molecule is CCCNC(c1ccc(SC)cc1)C1CCCCC1CC. The maximum atomic E-state index is 3.85. The van der Waals surface area contributed by atoms with Crippen molar-refractivity contribution in [3.8, 4) is 0 Å². The predicted octanol–water partition coefficient (Wildman–Crippen LogP) is 5.67. The van der Waals surface area contributed by atoms with Crippen molar-refractivity contribution in [3.05, 3.63) is 29.8 Å². The van der Waals surface area contributed by atoms with E-state index >= 15 is 0 Å². The molecule has 0 heterocycles. The summed E-state index contributed by atoms with van der Waals surface area (Å²) in [6, 6.07) is 9.81. The van der Waals surface area contributed by atoms with Crippen LogP contribution in [0.4, 0.5) is 0 Å². The summed E-state index contributed by atoms with van der Waals surface area (Å²) in [6.07, 6.45) is 10.4. The molecule has 0 amide bonds. The average Bonchev–Trinajstić information content (AvgIpc) is 2.56. The van der Waals surface area contributed by atoms with Gasteiger partial charge in [0.1, 0.15) is 0 Å². The summed E-state index contributed by atoms with van der Waals surface area (Å²) in [5, 5.41) is 3.85. The van der Waals surface area contributed by atoms with E-state index in [0.29, 0.717) is 6.04 Å². The summed E-state index contributed by atoms with van der Waals surface area (Å²) < 4.78 is 0. The number of rotatable bonds is 7. The van der Waals surface area contributed by atoms with E-state index in [-0.39, 0.29) is 0 Å². The summed E-state index contributed by atoms with van der Waals surface area (Å²) in [6.45, 7) is 5.76. The maximum Gasteiger partial charge on any atom is 0.0351 e. The standard InChI is InChI=1S/C19H31NS/c1-4-14-20-19(16-10-12-17(21-3)13-11-16)18-9-7-6-8-15(18)5-2/h10-13,15,18-20H,4-9,14H2,1-3H3. The summed E-state index contributed by atoms with van der Waals surface area (Å²) in [7, 11) is 0. The van der Waals surface area contributed by atoms with Gasteiger partial charge in [-0.3, -0.25) is 0 Å². The van der Waals surface area contributed by atoms with Gasteiger partial charge >= 0.3 is 0 Å². The number of thioether (sulfide) groups is 1. The second-order valence-electron chi connectivity index (χ2n) is 6.32. The fourth-order valence-corrected chi connectivity index (χ4v) is 4.22. The molecule has 3 unspecified atom stereocenters. The van der Waals surface area contributed by atoms with Gasteiger partial charge in [-0.25, -0.2) is 0 Å². The quantitative estimate of drug-likeness (QED) is 0.652. The molecule has 0 aromatic heterocycles. The molecule has 1 N–H and O–H groups in total. The van der Waals surface area contributed by atoms with Crippen molar-refractivity contribution in [1.29, 1.82) is 0 Å². The molecule has 3 atom stereocenters. The molecule has 21 heavy (non-hydrogen) atoms. The second-order valence-corrected chi connectivity index (χ2v) is 7.20. The topological polar surface area (TPSA) is 12.0 Å². The monoisotopic (exact) mass is 305 g/mol. The van der Waals surface area contributed by atoms with Crippen molar-refractivity contribution in [2.24, 2.45) is 11.8 Å². The van der Waals surface area contributed by atoms with E-state index in [9.17, 15) is 0 Å². The Balaban J connectivity index is 2.18. The van der Waals surface area contributed by atoms with Crippen LogP contribution in [-0.4, -0.2) is 12.8 Å². The van der Waals surface area contributed by atoms with Gasteiger partial charge in [-0.1, -0.05) is 51.7 Å². The highest BCUT2D eigenvalue weighted by Gasteiger charge is 2.31. The minimum atomic E-state index is 0.547. The van der Waals surface area contributed by atoms with Crippen molar-refractivity contribution in [2.45, 2.75) is 63.3 Å². The van der Waals surface area contributed by atoms with E-state index in [1.54, 1.807) is 0 Å². The van der Waals surface area contributed by atoms with Gasteiger partial charge in [-0.15, -0.1) is 11.8 Å². The average molecular weight is 306 g/mol. The molecule has 0 spiro atoms. The lowest BCUT2D eigenvalue weighted by molar-refractivity contribution is 0.175. The number of nitrogens with one attached hydrogen (secondary N) is 1. The zero-order valence-electron chi connectivity index (χ0n) is 13.9. The van der Waals surface area contributed by atoms with Gasteiger partial charge in [0.2, 0.25) is 0 Å². The van der Waals surface area contributed by atoms with Crippen LogP contribution in [0.3, 0.4) is 0 Å². The highest BCUT2D eigenvalue weighted by atomic mass is 32.2. The fourth-order valence-electron chi connectivity index (χ4n) is 3.81. The first kappa shape index (κ1) is 16.9. The third-order valence-electron chi connectivity index (χ3n) is 5.01. The van der Waals surface area contributed by atoms with E-state index in [0.717, 1.165) is 18.4 Å². The lowest BCUT2D eigenvalue weighted by atomic mass is 9.72. The molecule has 0 aliphatic heterocycles. The number of hydrogen-bond donors (Lipinski definition) is 1. The molecule has 1 nitrogen and oxygen atoms in total. The molecule has 2 rings (SSSR count). The van der Waals surface area contributed by atoms with Crippen LogP contribution < -0.4 is 5.32 Å². The minimum absolute atomic E-state index is 0.547. The van der Waals surface area contributed by atoms with Crippen LogP contribution >= 0.6 is 11.8 Å². The van der Waals surface area contributed by atoms with Gasteiger partial charge < -0.3 is 5.32 Å². The van der Waals surface area contributed by atoms with Crippen LogP contribution in [0.5, 0.6) is 0 Å². The van der Waals surface area contributed by atoms with E-state index in [1.807, 2.05) is 11.8 Å². The van der Waals surface area contributed by atoms with Gasteiger partial charge in [-0.2, -0.15) is 0 Å². The smallest absolute Gasteiger partial charge is 0.0351 e. The fraction of sp³-hybridized carbons (Fsp3) is 0.684. The molecule has 118 valence electrons. The maximum absolute atomic E-state index is 3.85. The highest BCUT2D eigenvalue weighted by Crippen LogP contribution is 2.40. The zero-order chi connectivity index (χ0) is 15.1. The lowest BCUT2D eigenvalue weighted by Gasteiger charge is -2.38. The van der Waals surface area contributed by atoms with Crippen molar-refractivity contribution < 1.29 is 0 Å². The van der Waals surface area contributed by atoms with Gasteiger partial charge in [0.15, 0.2) is 0 Å². The zero-order valence-corrected chi connectivity index (χ0v) is 14.7. The van der Waals surface area contributed by atoms with Crippen molar-refractivity contribution in [2.75, 3.05) is 12.8 Å². The summed E-state index contributed by atoms with van der Waals surface area (Å²) in [5.74, 6) is 1.71. The Morgan fingerprint density at radius 1 is 1.14 bits per heavy atom. The largest absolute Gasteiger partial charge is 0.310 e. The first-order chi connectivity index (χ1) is 10.3. The normalized spacial score (nSPS) is 24.0. The van der Waals surface area contributed by atoms with E-state index in [2.05, 4.69) is 49.7 Å². The molecule has 2 heteroatoms. The number of hydrogen-bond acceptors (Lipinski definition) is 2. The van der Waals surface area contributed by atoms with Gasteiger partial charge in [0.25, 0.3) is 0 Å². The molecule has 1 aromatic carbocycles. The molecule has 1 saturated carbocycles. The molecule has 1 aliphatic rings. The summed E-state index contributed by atoms with van der Waals surface area (Å²) >= 11 is 1.83. The summed E-state index contributed by atoms with van der Waals surface area (Å²) in [4.78, 5) is 1.36. The molecule has 1 fully saturated rings. The van der Waals surface area contributed by atoms with Crippen LogP contribution in [0.25, 0.3) is 0 Å². The molecule has 0 bridgehead atoms. The first-order valence-electron chi connectivity index (χ1n) is 8.67. The predicted molar refractivity (Wildman–Crippen MR) is 95.0 cm³/mol. The van der Waals surface area contributed by atoms with Gasteiger partial charge in [0.05, 0.1) is 0 Å². The molecule has 1 aromatic rings. The Hall–Kier alpha value is -0.470. The molecular formula is C19H31NS. The van der Waals surface area contributed by atoms with Crippen molar-refractivity contribution >= 4 is 11.8 Å². The molecular weight excluding hydrogens is 274 g/mol. The Bertz CT molecular complexity index is 401. The molecule has 0 radical (unpaired) electrons. The molecule has 1 aliphatic carbocycles. The Labute approximate surface area is 135 Å². The second kappa shape index (κ2) is 8.85. The van der Waals surface area contributed by atoms with E-state index in [1.165, 1.54) is 49.0 Å². The van der Waals surface area contributed by atoms with Crippen molar-refractivity contribution in [3.63, 3.8) is 0 Å². The van der Waals surface area contributed by atoms with Crippen LogP contribution in [0.1, 0.15) is 64.0 Å². The Morgan fingerprint density at radius 3 is 2.48 bits per heavy atom. The van der Waals surface area contributed by atoms with Crippen LogP contribution in [0.15, 0.2) is 29.2 Å². The third-order valence-corrected chi connectivity index (χ3v) is 5.75. The molecule has 0 saturated heterocycles. The third kappa shape index (κ3) is 4.50. The van der Waals surface area contributed by atoms with Crippen LogP contribution in [0, 0.1) is 11.8 Å². The van der Waals surface area contributed by atoms with E-state index < -0.39 is 0 Å². The van der Waals surface area contributed by atoms with Gasteiger partial charge in [-0.05, 0) is 55.2 Å². The Kier molecular flexibility index (Phi) is 7.12. The minimum Gasteiger partial charge on any atom is -0.310 e. The summed E-state index contributed by atoms with van der Waals surface area (Å²) in [5.41, 5.74) is 1.49. The van der Waals surface area contributed by atoms with Crippen LogP contribution in [0.2, 0.25) is 0 Å². The van der Waals surface area contributed by atoms with Gasteiger partial charge in [0, 0.05) is 10.9 Å². The first-order valence-corrected chi connectivity index (χ1v) is 9.90. The van der Waals surface area contributed by atoms with E-state index in [4.69, 9.17) is 0 Å². The Morgan fingerprint density at radius 2 is 1.86 bits per heavy atom. The van der Waals surface area contributed by atoms with Crippen LogP contribution in [-0.2, 0) is 0 Å². The van der Waals surface area contributed by atoms with Crippen molar-refractivity contribution in [1.82, 2.24) is 5.32 Å². The number of benzene rings is 1.